The molecule has 2 heterocycles. The van der Waals surface area contributed by atoms with Gasteiger partial charge in [-0.2, -0.15) is 5.10 Å². The molecule has 0 amide bonds. The lowest BCUT2D eigenvalue weighted by Crippen LogP contribution is -2.41. The third kappa shape index (κ3) is 2.27. The summed E-state index contributed by atoms with van der Waals surface area (Å²) in [4.78, 5) is 23.4. The van der Waals surface area contributed by atoms with Crippen LogP contribution in [0.25, 0.3) is 6.08 Å². The summed E-state index contributed by atoms with van der Waals surface area (Å²) in [5.41, 5.74) is 1.28. The number of cyclic esters (lactones) is 2. The van der Waals surface area contributed by atoms with Gasteiger partial charge in [0.2, 0.25) is 0 Å². The maximum atomic E-state index is 11.7. The van der Waals surface area contributed by atoms with E-state index in [4.69, 9.17) is 9.47 Å². The van der Waals surface area contributed by atoms with Gasteiger partial charge in [-0.3, -0.25) is 4.68 Å². The molecule has 0 radical (unpaired) electrons. The summed E-state index contributed by atoms with van der Waals surface area (Å²) in [5, 5.41) is 4.12. The molecule has 0 aliphatic carbocycles. The number of hydrogen-bond donors (Lipinski definition) is 0. The minimum Gasteiger partial charge on any atom is -0.419 e. The molecule has 1 aromatic rings. The molecule has 6 heteroatoms. The Hall–Kier alpha value is -2.11. The monoisotopic (exact) mass is 250 g/mol. The lowest BCUT2D eigenvalue weighted by atomic mass is 10.1. The third-order valence-electron chi connectivity index (χ3n) is 2.47. The van der Waals surface area contributed by atoms with Crippen molar-refractivity contribution in [2.75, 3.05) is 0 Å². The first-order valence-electron chi connectivity index (χ1n) is 5.47. The van der Waals surface area contributed by atoms with E-state index in [0.29, 0.717) is 5.56 Å². The van der Waals surface area contributed by atoms with Crippen LogP contribution in [0.1, 0.15) is 25.1 Å². The van der Waals surface area contributed by atoms with E-state index in [1.807, 2.05) is 0 Å². The van der Waals surface area contributed by atoms with Crippen LogP contribution < -0.4 is 0 Å². The summed E-state index contributed by atoms with van der Waals surface area (Å²) in [5.74, 6) is -2.57. The van der Waals surface area contributed by atoms with E-state index in [-0.39, 0.29) is 5.57 Å². The molecule has 0 atom stereocenters. The Morgan fingerprint density at radius 1 is 1.28 bits per heavy atom. The molecule has 1 saturated heterocycles. The molecule has 0 bridgehead atoms. The van der Waals surface area contributed by atoms with E-state index in [2.05, 4.69) is 5.10 Å². The second-order valence-electron chi connectivity index (χ2n) is 4.58. The molecule has 1 aromatic heterocycles. The lowest BCUT2D eigenvalue weighted by Gasteiger charge is -2.29. The normalized spacial score (nSPS) is 18.3. The summed E-state index contributed by atoms with van der Waals surface area (Å²) < 4.78 is 11.6. The van der Waals surface area contributed by atoms with Crippen molar-refractivity contribution in [1.82, 2.24) is 9.78 Å². The average Bonchev–Trinajstić information content (AvgIpc) is 2.49. The van der Waals surface area contributed by atoms with Crippen molar-refractivity contribution in [1.29, 1.82) is 0 Å². The number of carbonyl (C=O) groups is 2. The maximum absolute atomic E-state index is 11.7. The van der Waals surface area contributed by atoms with Gasteiger partial charge in [-0.05, 0) is 13.0 Å². The summed E-state index contributed by atoms with van der Waals surface area (Å²) >= 11 is 0. The van der Waals surface area contributed by atoms with Crippen LogP contribution in [-0.2, 0) is 26.1 Å². The number of hydrogen-bond acceptors (Lipinski definition) is 5. The van der Waals surface area contributed by atoms with Crippen molar-refractivity contribution in [3.8, 4) is 0 Å². The third-order valence-corrected chi connectivity index (χ3v) is 2.47. The fraction of sp³-hybridized carbons (Fsp3) is 0.417. The molecule has 0 unspecified atom stereocenters. The van der Waals surface area contributed by atoms with Crippen molar-refractivity contribution < 1.29 is 19.1 Å². The first kappa shape index (κ1) is 12.3. The van der Waals surface area contributed by atoms with E-state index in [1.165, 1.54) is 19.9 Å². The number of nitrogens with zero attached hydrogens (tertiary/aromatic N) is 2. The fourth-order valence-electron chi connectivity index (χ4n) is 1.69. The van der Waals surface area contributed by atoms with Crippen molar-refractivity contribution in [3.05, 3.63) is 23.0 Å². The summed E-state index contributed by atoms with van der Waals surface area (Å²) in [7, 11) is 1.76. The molecule has 0 N–H and O–H groups in total. The molecule has 1 aliphatic heterocycles. The van der Waals surface area contributed by atoms with Crippen LogP contribution in [0.2, 0.25) is 0 Å². The predicted molar refractivity (Wildman–Crippen MR) is 62.2 cm³/mol. The van der Waals surface area contributed by atoms with Gasteiger partial charge < -0.3 is 9.47 Å². The number of carbonyl (C=O) groups excluding carboxylic acids is 2. The number of esters is 2. The molecule has 0 spiro atoms. The first-order valence-corrected chi connectivity index (χ1v) is 5.47. The van der Waals surface area contributed by atoms with Gasteiger partial charge in [0.1, 0.15) is 5.57 Å². The van der Waals surface area contributed by atoms with E-state index < -0.39 is 17.7 Å². The number of aromatic nitrogens is 2. The lowest BCUT2D eigenvalue weighted by molar-refractivity contribution is -0.222. The highest BCUT2D eigenvalue weighted by molar-refractivity contribution is 6.18. The Balaban J connectivity index is 2.36. The number of ether oxygens (including phenoxy) is 2. The Bertz CT molecular complexity index is 532. The van der Waals surface area contributed by atoms with Crippen LogP contribution in [0.5, 0.6) is 0 Å². The molecule has 1 fully saturated rings. The molecule has 1 aliphatic rings. The van der Waals surface area contributed by atoms with E-state index in [0.717, 1.165) is 5.69 Å². The minimum absolute atomic E-state index is 0.120. The number of rotatable bonds is 1. The Labute approximate surface area is 104 Å². The Morgan fingerprint density at radius 2 is 1.83 bits per heavy atom. The minimum atomic E-state index is -1.21. The summed E-state index contributed by atoms with van der Waals surface area (Å²) in [6.45, 7) is 4.81. The van der Waals surface area contributed by atoms with Crippen LogP contribution >= 0.6 is 0 Å². The second kappa shape index (κ2) is 3.97. The standard InChI is InChI=1S/C12H14N2O4/c1-7-8(6-14(4)13-7)5-9-10(15)17-12(2,3)18-11(9)16/h5-6H,1-4H3. The zero-order valence-corrected chi connectivity index (χ0v) is 10.7. The van der Waals surface area contributed by atoms with Crippen molar-refractivity contribution in [2.45, 2.75) is 26.6 Å². The van der Waals surface area contributed by atoms with Gasteiger partial charge in [0, 0.05) is 32.7 Å². The smallest absolute Gasteiger partial charge is 0.348 e. The summed E-state index contributed by atoms with van der Waals surface area (Å²) in [6.07, 6.45) is 3.14. The Kier molecular flexibility index (Phi) is 2.73. The summed E-state index contributed by atoms with van der Waals surface area (Å²) in [6, 6.07) is 0. The van der Waals surface area contributed by atoms with Gasteiger partial charge >= 0.3 is 11.9 Å². The second-order valence-corrected chi connectivity index (χ2v) is 4.58. The largest absolute Gasteiger partial charge is 0.419 e. The highest BCUT2D eigenvalue weighted by Gasteiger charge is 2.38. The molecule has 0 aromatic carbocycles. The highest BCUT2D eigenvalue weighted by atomic mass is 16.7. The van der Waals surface area contributed by atoms with Gasteiger partial charge in [0.25, 0.3) is 5.79 Å². The van der Waals surface area contributed by atoms with Crippen LogP contribution in [0.4, 0.5) is 0 Å². The molecular weight excluding hydrogens is 236 g/mol. The van der Waals surface area contributed by atoms with Crippen LogP contribution in [0.3, 0.4) is 0 Å². The molecule has 2 rings (SSSR count). The van der Waals surface area contributed by atoms with Crippen molar-refractivity contribution in [2.24, 2.45) is 7.05 Å². The fourth-order valence-corrected chi connectivity index (χ4v) is 1.69. The molecule has 0 saturated carbocycles. The van der Waals surface area contributed by atoms with Crippen LogP contribution in [0, 0.1) is 6.92 Å². The zero-order valence-electron chi connectivity index (χ0n) is 10.7. The van der Waals surface area contributed by atoms with E-state index >= 15 is 0 Å². The van der Waals surface area contributed by atoms with Crippen LogP contribution in [0.15, 0.2) is 11.8 Å². The highest BCUT2D eigenvalue weighted by Crippen LogP contribution is 2.24. The van der Waals surface area contributed by atoms with Gasteiger partial charge in [-0.25, -0.2) is 9.59 Å². The van der Waals surface area contributed by atoms with E-state index in [1.54, 1.807) is 24.9 Å². The Morgan fingerprint density at radius 3 is 2.28 bits per heavy atom. The van der Waals surface area contributed by atoms with Gasteiger partial charge in [-0.1, -0.05) is 0 Å². The van der Waals surface area contributed by atoms with Crippen molar-refractivity contribution in [3.63, 3.8) is 0 Å². The van der Waals surface area contributed by atoms with Gasteiger partial charge in [0.15, 0.2) is 0 Å². The van der Waals surface area contributed by atoms with Crippen LogP contribution in [-0.4, -0.2) is 27.5 Å². The molecule has 96 valence electrons. The maximum Gasteiger partial charge on any atom is 0.348 e. The van der Waals surface area contributed by atoms with E-state index in [9.17, 15) is 9.59 Å². The predicted octanol–water partition coefficient (Wildman–Crippen LogP) is 0.948. The molecule has 6 nitrogen and oxygen atoms in total. The quantitative estimate of drug-likeness (QED) is 0.421. The first-order chi connectivity index (χ1) is 8.28. The van der Waals surface area contributed by atoms with Gasteiger partial charge in [-0.15, -0.1) is 0 Å². The molecule has 18 heavy (non-hydrogen) atoms. The van der Waals surface area contributed by atoms with Gasteiger partial charge in [0.05, 0.1) is 5.69 Å². The van der Waals surface area contributed by atoms with Crippen molar-refractivity contribution >= 4 is 18.0 Å². The topological polar surface area (TPSA) is 70.4 Å². The average molecular weight is 250 g/mol. The zero-order chi connectivity index (χ0) is 13.5. The molecular formula is C12H14N2O4. The SMILES string of the molecule is Cc1nn(C)cc1C=C1C(=O)OC(C)(C)OC1=O. The number of aryl methyl sites for hydroxylation is 2.